The van der Waals surface area contributed by atoms with Gasteiger partial charge in [0.1, 0.15) is 0 Å². The summed E-state index contributed by atoms with van der Waals surface area (Å²) in [7, 11) is 0. The molecule has 1 saturated heterocycles. The predicted molar refractivity (Wildman–Crippen MR) is 121 cm³/mol. The molecule has 30 heavy (non-hydrogen) atoms. The zero-order valence-electron chi connectivity index (χ0n) is 17.6. The van der Waals surface area contributed by atoms with Crippen molar-refractivity contribution >= 4 is 17.2 Å². The number of likely N-dealkylation sites (tertiary alicyclic amines) is 1. The van der Waals surface area contributed by atoms with Gasteiger partial charge < -0.3 is 9.47 Å². The standard InChI is InChI=1S/C24H28N4OS/c1-18(2)27-14-20-22(19-8-4-3-5-9-19)25-17-28(20)24(16-27)11-7-12-26(15-24)23(29)21-10-6-13-30-21/h3-6,8-10,13,17-18H,7,11-12,14-16H2,1-2H3. The Kier molecular flexibility index (Phi) is 4.99. The van der Waals surface area contributed by atoms with Crippen LogP contribution in [0, 0.1) is 0 Å². The molecule has 1 amide bonds. The van der Waals surface area contributed by atoms with E-state index in [0.717, 1.165) is 55.2 Å². The molecular formula is C24H28N4OS. The maximum Gasteiger partial charge on any atom is 0.263 e. The topological polar surface area (TPSA) is 41.4 Å². The second-order valence-electron chi connectivity index (χ2n) is 8.81. The summed E-state index contributed by atoms with van der Waals surface area (Å²) in [5.41, 5.74) is 3.38. The molecule has 3 aromatic rings. The molecule has 1 unspecified atom stereocenters. The van der Waals surface area contributed by atoms with Crippen molar-refractivity contribution < 1.29 is 4.79 Å². The fourth-order valence-corrected chi connectivity index (χ4v) is 5.70. The third-order valence-electron chi connectivity index (χ3n) is 6.58. The first-order valence-corrected chi connectivity index (χ1v) is 11.6. The number of thiophene rings is 1. The molecule has 0 saturated carbocycles. The van der Waals surface area contributed by atoms with Crippen molar-refractivity contribution in [1.29, 1.82) is 0 Å². The zero-order valence-corrected chi connectivity index (χ0v) is 18.4. The molecule has 1 atom stereocenters. The number of carbonyl (C=O) groups is 1. The lowest BCUT2D eigenvalue weighted by atomic mass is 9.85. The molecule has 0 radical (unpaired) electrons. The summed E-state index contributed by atoms with van der Waals surface area (Å²) in [6, 6.07) is 14.8. The molecular weight excluding hydrogens is 392 g/mol. The quantitative estimate of drug-likeness (QED) is 0.628. The highest BCUT2D eigenvalue weighted by Crippen LogP contribution is 2.39. The van der Waals surface area contributed by atoms with Gasteiger partial charge in [0, 0.05) is 37.8 Å². The molecule has 6 heteroatoms. The van der Waals surface area contributed by atoms with Crippen molar-refractivity contribution in [3.05, 3.63) is 64.7 Å². The number of imidazole rings is 1. The van der Waals surface area contributed by atoms with Crippen molar-refractivity contribution in [2.45, 2.75) is 44.8 Å². The largest absolute Gasteiger partial charge is 0.336 e. The summed E-state index contributed by atoms with van der Waals surface area (Å²) < 4.78 is 2.40. The van der Waals surface area contributed by atoms with Gasteiger partial charge in [-0.2, -0.15) is 0 Å². The monoisotopic (exact) mass is 420 g/mol. The number of benzene rings is 1. The summed E-state index contributed by atoms with van der Waals surface area (Å²) >= 11 is 1.53. The molecule has 4 heterocycles. The number of hydrogen-bond donors (Lipinski definition) is 0. The molecule has 0 aliphatic carbocycles. The van der Waals surface area contributed by atoms with E-state index < -0.39 is 0 Å². The van der Waals surface area contributed by atoms with Crippen LogP contribution in [-0.2, 0) is 12.1 Å². The molecule has 0 N–H and O–H groups in total. The van der Waals surface area contributed by atoms with Gasteiger partial charge in [-0.25, -0.2) is 4.98 Å². The average molecular weight is 421 g/mol. The van der Waals surface area contributed by atoms with Crippen molar-refractivity contribution in [2.24, 2.45) is 0 Å². The van der Waals surface area contributed by atoms with Crippen LogP contribution in [0.3, 0.4) is 0 Å². The summed E-state index contributed by atoms with van der Waals surface area (Å²) in [6.45, 7) is 7.94. The Balaban J connectivity index is 1.55. The van der Waals surface area contributed by atoms with Crippen LogP contribution < -0.4 is 0 Å². The minimum atomic E-state index is -0.122. The van der Waals surface area contributed by atoms with Gasteiger partial charge in [0.2, 0.25) is 0 Å². The second kappa shape index (κ2) is 7.67. The normalized spacial score (nSPS) is 21.9. The number of fused-ring (bicyclic) bond motifs is 2. The molecule has 5 rings (SSSR count). The van der Waals surface area contributed by atoms with Crippen LogP contribution in [-0.4, -0.2) is 50.9 Å². The SMILES string of the molecule is CC(C)N1Cc2c(-c3ccccc3)ncn2C2(CCCN(C(=O)c3cccs3)C2)C1. The van der Waals surface area contributed by atoms with Gasteiger partial charge >= 0.3 is 0 Å². The maximum absolute atomic E-state index is 13.1. The Labute approximate surface area is 182 Å². The number of rotatable bonds is 3. The highest BCUT2D eigenvalue weighted by atomic mass is 32.1. The van der Waals surface area contributed by atoms with Crippen molar-refractivity contribution in [2.75, 3.05) is 19.6 Å². The van der Waals surface area contributed by atoms with Crippen molar-refractivity contribution in [1.82, 2.24) is 19.4 Å². The Morgan fingerprint density at radius 3 is 2.70 bits per heavy atom. The molecule has 1 fully saturated rings. The third kappa shape index (κ3) is 3.28. The lowest BCUT2D eigenvalue weighted by Crippen LogP contribution is -2.60. The highest BCUT2D eigenvalue weighted by molar-refractivity contribution is 7.12. The minimum Gasteiger partial charge on any atom is -0.336 e. The molecule has 1 spiro atoms. The number of aromatic nitrogens is 2. The average Bonchev–Trinajstić information content (AvgIpc) is 3.44. The van der Waals surface area contributed by atoms with E-state index >= 15 is 0 Å². The number of hydrogen-bond acceptors (Lipinski definition) is 4. The van der Waals surface area contributed by atoms with E-state index in [1.807, 2.05) is 29.9 Å². The Morgan fingerprint density at radius 1 is 1.13 bits per heavy atom. The third-order valence-corrected chi connectivity index (χ3v) is 7.44. The molecule has 5 nitrogen and oxygen atoms in total. The number of nitrogens with zero attached hydrogens (tertiary/aromatic N) is 4. The summed E-state index contributed by atoms with van der Waals surface area (Å²) in [4.78, 5) is 23.4. The van der Waals surface area contributed by atoms with E-state index in [1.54, 1.807) is 0 Å². The van der Waals surface area contributed by atoms with Crippen LogP contribution in [0.5, 0.6) is 0 Å². The predicted octanol–water partition coefficient (Wildman–Crippen LogP) is 4.47. The van der Waals surface area contributed by atoms with Crippen molar-refractivity contribution in [3.8, 4) is 11.3 Å². The summed E-state index contributed by atoms with van der Waals surface area (Å²) in [5, 5.41) is 1.98. The lowest BCUT2D eigenvalue weighted by Gasteiger charge is -2.50. The lowest BCUT2D eigenvalue weighted by molar-refractivity contribution is 0.0181. The van der Waals surface area contributed by atoms with E-state index in [1.165, 1.54) is 17.0 Å². The van der Waals surface area contributed by atoms with Gasteiger partial charge in [0.25, 0.3) is 5.91 Å². The first kappa shape index (κ1) is 19.5. The van der Waals surface area contributed by atoms with Gasteiger partial charge in [0.15, 0.2) is 0 Å². The first-order valence-electron chi connectivity index (χ1n) is 10.8. The number of amides is 1. The van der Waals surface area contributed by atoms with E-state index in [2.05, 4.69) is 52.5 Å². The fraction of sp³-hybridized carbons (Fsp3) is 0.417. The van der Waals surface area contributed by atoms with Gasteiger partial charge in [-0.3, -0.25) is 9.69 Å². The van der Waals surface area contributed by atoms with Crippen molar-refractivity contribution in [3.63, 3.8) is 0 Å². The Hall–Kier alpha value is -2.44. The van der Waals surface area contributed by atoms with E-state index in [-0.39, 0.29) is 11.4 Å². The van der Waals surface area contributed by atoms with Crippen LogP contribution in [0.25, 0.3) is 11.3 Å². The van der Waals surface area contributed by atoms with Crippen LogP contribution in [0.1, 0.15) is 42.1 Å². The molecule has 2 aliphatic rings. The molecule has 0 bridgehead atoms. The van der Waals surface area contributed by atoms with Crippen LogP contribution in [0.4, 0.5) is 0 Å². The fourth-order valence-electron chi connectivity index (χ4n) is 5.01. The molecule has 2 aromatic heterocycles. The van der Waals surface area contributed by atoms with Gasteiger partial charge in [-0.15, -0.1) is 11.3 Å². The zero-order chi connectivity index (χ0) is 20.7. The number of piperidine rings is 1. The Morgan fingerprint density at radius 2 is 1.97 bits per heavy atom. The second-order valence-corrected chi connectivity index (χ2v) is 9.75. The minimum absolute atomic E-state index is 0.122. The van der Waals surface area contributed by atoms with Crippen LogP contribution in [0.15, 0.2) is 54.2 Å². The first-order chi connectivity index (χ1) is 14.6. The van der Waals surface area contributed by atoms with Crippen LogP contribution in [0.2, 0.25) is 0 Å². The van der Waals surface area contributed by atoms with E-state index in [9.17, 15) is 4.79 Å². The van der Waals surface area contributed by atoms with Gasteiger partial charge in [-0.1, -0.05) is 36.4 Å². The smallest absolute Gasteiger partial charge is 0.263 e. The molecule has 156 valence electrons. The van der Waals surface area contributed by atoms with E-state index in [4.69, 9.17) is 4.98 Å². The highest BCUT2D eigenvalue weighted by Gasteiger charge is 2.45. The maximum atomic E-state index is 13.1. The van der Waals surface area contributed by atoms with Gasteiger partial charge in [0.05, 0.1) is 28.1 Å². The Bertz CT molecular complexity index is 1030. The number of carbonyl (C=O) groups excluding carboxylic acids is 1. The summed E-state index contributed by atoms with van der Waals surface area (Å²) in [5.74, 6) is 0.163. The van der Waals surface area contributed by atoms with Gasteiger partial charge in [-0.05, 0) is 38.1 Å². The van der Waals surface area contributed by atoms with Crippen LogP contribution >= 0.6 is 11.3 Å². The molecule has 2 aliphatic heterocycles. The summed E-state index contributed by atoms with van der Waals surface area (Å²) in [6.07, 6.45) is 4.11. The molecule has 1 aromatic carbocycles. The van der Waals surface area contributed by atoms with E-state index in [0.29, 0.717) is 6.04 Å².